The van der Waals surface area contributed by atoms with Crippen molar-refractivity contribution in [1.29, 1.82) is 0 Å². The van der Waals surface area contributed by atoms with Gasteiger partial charge in [-0.2, -0.15) is 0 Å². The summed E-state index contributed by atoms with van der Waals surface area (Å²) in [4.78, 5) is 2.21. The second-order valence-corrected chi connectivity index (χ2v) is 4.10. The van der Waals surface area contributed by atoms with E-state index in [9.17, 15) is 0 Å². The zero-order valence-electron chi connectivity index (χ0n) is 6.95. The van der Waals surface area contributed by atoms with Gasteiger partial charge in [-0.15, -0.1) is 33.1 Å². The number of thiophene rings is 1. The number of aromatic nitrogens is 2. The molecule has 0 saturated heterocycles. The molecule has 0 amide bonds. The predicted octanol–water partition coefficient (Wildman–Crippen LogP) is 2.85. The summed E-state index contributed by atoms with van der Waals surface area (Å²) in [7, 11) is 0. The minimum absolute atomic E-state index is 0.261. The Morgan fingerprint density at radius 2 is 2.31 bits per heavy atom. The average Bonchev–Trinajstić information content (AvgIpc) is 2.71. The number of aryl methyl sites for hydroxylation is 1. The van der Waals surface area contributed by atoms with Gasteiger partial charge in [-0.3, -0.25) is 0 Å². The van der Waals surface area contributed by atoms with Crippen LogP contribution in [0.2, 0.25) is 0 Å². The molecule has 2 aromatic rings. The van der Waals surface area contributed by atoms with Crippen LogP contribution in [0.5, 0.6) is 0 Å². The standard InChI is InChI=1S/C8H7ClN2OS/c1-5-2-3-6(13-5)8-11-10-7(4-9)12-8/h2-3H,4H2,1H3. The normalized spacial score (nSPS) is 10.6. The quantitative estimate of drug-likeness (QED) is 0.722. The molecule has 0 aliphatic heterocycles. The van der Waals surface area contributed by atoms with Crippen molar-refractivity contribution in [2.24, 2.45) is 0 Å². The van der Waals surface area contributed by atoms with Crippen molar-refractivity contribution in [1.82, 2.24) is 10.2 Å². The Morgan fingerprint density at radius 1 is 1.46 bits per heavy atom. The van der Waals surface area contributed by atoms with Gasteiger partial charge in [0.2, 0.25) is 5.89 Å². The van der Waals surface area contributed by atoms with Gasteiger partial charge in [-0.05, 0) is 19.1 Å². The van der Waals surface area contributed by atoms with Crippen LogP contribution >= 0.6 is 22.9 Å². The van der Waals surface area contributed by atoms with Crippen molar-refractivity contribution >= 4 is 22.9 Å². The van der Waals surface area contributed by atoms with E-state index in [1.165, 1.54) is 4.88 Å². The van der Waals surface area contributed by atoms with Gasteiger partial charge in [0.1, 0.15) is 5.88 Å². The van der Waals surface area contributed by atoms with Gasteiger partial charge in [0.15, 0.2) is 0 Å². The monoisotopic (exact) mass is 214 g/mol. The maximum absolute atomic E-state index is 5.54. The van der Waals surface area contributed by atoms with E-state index in [-0.39, 0.29) is 5.88 Å². The molecule has 0 aromatic carbocycles. The highest BCUT2D eigenvalue weighted by molar-refractivity contribution is 7.15. The van der Waals surface area contributed by atoms with Crippen LogP contribution < -0.4 is 0 Å². The maximum atomic E-state index is 5.54. The molecule has 0 radical (unpaired) electrons. The topological polar surface area (TPSA) is 38.9 Å². The lowest BCUT2D eigenvalue weighted by Gasteiger charge is -1.84. The Morgan fingerprint density at radius 3 is 2.85 bits per heavy atom. The lowest BCUT2D eigenvalue weighted by molar-refractivity contribution is 0.528. The fourth-order valence-electron chi connectivity index (χ4n) is 0.957. The maximum Gasteiger partial charge on any atom is 0.257 e. The minimum Gasteiger partial charge on any atom is -0.419 e. The highest BCUT2D eigenvalue weighted by Gasteiger charge is 2.08. The lowest BCUT2D eigenvalue weighted by Crippen LogP contribution is -1.73. The molecule has 0 fully saturated rings. The van der Waals surface area contributed by atoms with Crippen molar-refractivity contribution in [2.45, 2.75) is 12.8 Å². The van der Waals surface area contributed by atoms with E-state index < -0.39 is 0 Å². The van der Waals surface area contributed by atoms with E-state index in [1.807, 2.05) is 19.1 Å². The molecule has 2 aromatic heterocycles. The van der Waals surface area contributed by atoms with E-state index in [0.717, 1.165) is 4.88 Å². The second kappa shape index (κ2) is 3.47. The van der Waals surface area contributed by atoms with E-state index in [1.54, 1.807) is 11.3 Å². The third-order valence-electron chi connectivity index (χ3n) is 1.53. The molecule has 0 spiro atoms. The molecule has 0 saturated carbocycles. The summed E-state index contributed by atoms with van der Waals surface area (Å²) in [5.41, 5.74) is 0. The largest absolute Gasteiger partial charge is 0.419 e. The van der Waals surface area contributed by atoms with E-state index in [0.29, 0.717) is 11.8 Å². The minimum atomic E-state index is 0.261. The molecule has 68 valence electrons. The number of rotatable bonds is 2. The lowest BCUT2D eigenvalue weighted by atomic mass is 10.4. The Balaban J connectivity index is 2.35. The van der Waals surface area contributed by atoms with Crippen molar-refractivity contribution < 1.29 is 4.42 Å². The van der Waals surface area contributed by atoms with Crippen molar-refractivity contribution in [3.63, 3.8) is 0 Å². The summed E-state index contributed by atoms with van der Waals surface area (Å²) in [6, 6.07) is 3.98. The Bertz CT molecular complexity index is 410. The Labute approximate surface area is 84.4 Å². The number of nitrogens with zero attached hydrogens (tertiary/aromatic N) is 2. The van der Waals surface area contributed by atoms with Crippen LogP contribution in [0, 0.1) is 6.92 Å². The summed E-state index contributed by atoms with van der Waals surface area (Å²) in [5, 5.41) is 7.66. The molecular formula is C8H7ClN2OS. The third kappa shape index (κ3) is 1.73. The molecule has 0 bridgehead atoms. The first-order chi connectivity index (χ1) is 6.29. The Hall–Kier alpha value is -0.870. The first kappa shape index (κ1) is 8.72. The van der Waals surface area contributed by atoms with Crippen LogP contribution in [0.25, 0.3) is 10.8 Å². The van der Waals surface area contributed by atoms with Crippen LogP contribution in [0.3, 0.4) is 0 Å². The molecule has 0 unspecified atom stereocenters. The number of alkyl halides is 1. The molecule has 2 rings (SSSR count). The summed E-state index contributed by atoms with van der Waals surface area (Å²) >= 11 is 7.17. The molecule has 2 heterocycles. The fraction of sp³-hybridized carbons (Fsp3) is 0.250. The number of hydrogen-bond donors (Lipinski definition) is 0. The van der Waals surface area contributed by atoms with Crippen molar-refractivity contribution in [3.8, 4) is 10.8 Å². The molecule has 0 aliphatic rings. The van der Waals surface area contributed by atoms with E-state index in [4.69, 9.17) is 16.0 Å². The van der Waals surface area contributed by atoms with Gasteiger partial charge in [-0.25, -0.2) is 0 Å². The summed E-state index contributed by atoms with van der Waals surface area (Å²) in [6.07, 6.45) is 0. The summed E-state index contributed by atoms with van der Waals surface area (Å²) in [5.74, 6) is 1.27. The molecule has 0 atom stereocenters. The molecule has 3 nitrogen and oxygen atoms in total. The molecule has 5 heteroatoms. The Kier molecular flexibility index (Phi) is 2.33. The van der Waals surface area contributed by atoms with Crippen LogP contribution in [0.1, 0.15) is 10.8 Å². The van der Waals surface area contributed by atoms with E-state index >= 15 is 0 Å². The van der Waals surface area contributed by atoms with Gasteiger partial charge in [0.05, 0.1) is 4.88 Å². The highest BCUT2D eigenvalue weighted by Crippen LogP contribution is 2.26. The van der Waals surface area contributed by atoms with Gasteiger partial charge >= 0.3 is 0 Å². The van der Waals surface area contributed by atoms with Gasteiger partial charge < -0.3 is 4.42 Å². The zero-order valence-corrected chi connectivity index (χ0v) is 8.52. The first-order valence-electron chi connectivity index (χ1n) is 3.75. The van der Waals surface area contributed by atoms with Crippen LogP contribution in [0.15, 0.2) is 16.5 Å². The fourth-order valence-corrected chi connectivity index (χ4v) is 1.85. The van der Waals surface area contributed by atoms with Crippen LogP contribution in [-0.4, -0.2) is 10.2 Å². The smallest absolute Gasteiger partial charge is 0.257 e. The van der Waals surface area contributed by atoms with Gasteiger partial charge in [-0.1, -0.05) is 0 Å². The molecule has 0 aliphatic carbocycles. The summed E-state index contributed by atoms with van der Waals surface area (Å²) in [6.45, 7) is 2.03. The second-order valence-electron chi connectivity index (χ2n) is 2.54. The molecular weight excluding hydrogens is 208 g/mol. The van der Waals surface area contributed by atoms with Gasteiger partial charge in [0.25, 0.3) is 5.89 Å². The SMILES string of the molecule is Cc1ccc(-c2nnc(CCl)o2)s1. The third-order valence-corrected chi connectivity index (χ3v) is 2.75. The highest BCUT2D eigenvalue weighted by atomic mass is 35.5. The number of hydrogen-bond acceptors (Lipinski definition) is 4. The van der Waals surface area contributed by atoms with Crippen molar-refractivity contribution in [2.75, 3.05) is 0 Å². The predicted molar refractivity (Wildman–Crippen MR) is 51.9 cm³/mol. The summed E-state index contributed by atoms with van der Waals surface area (Å²) < 4.78 is 5.29. The molecule has 0 N–H and O–H groups in total. The van der Waals surface area contributed by atoms with Gasteiger partial charge in [0, 0.05) is 4.88 Å². The average molecular weight is 215 g/mol. The van der Waals surface area contributed by atoms with E-state index in [2.05, 4.69) is 10.2 Å². The van der Waals surface area contributed by atoms with Crippen LogP contribution in [0.4, 0.5) is 0 Å². The van der Waals surface area contributed by atoms with Crippen LogP contribution in [-0.2, 0) is 5.88 Å². The first-order valence-corrected chi connectivity index (χ1v) is 5.10. The molecule has 13 heavy (non-hydrogen) atoms. The van der Waals surface area contributed by atoms with Crippen molar-refractivity contribution in [3.05, 3.63) is 22.9 Å². The zero-order chi connectivity index (χ0) is 9.26. The number of halogens is 1.